The third-order valence-electron chi connectivity index (χ3n) is 4.22. The number of carbonyl (C=O) groups is 2. The molecule has 12 heteroatoms. The summed E-state index contributed by atoms with van der Waals surface area (Å²) in [5, 5.41) is 17.9. The SMILES string of the molecule is O=C(COc1c(Br)cc(Br)cc1/C=N/NC(=O)c1cccc([N+](=O)[O-])c1)Nc1ccccc1Cl. The van der Waals surface area contributed by atoms with Crippen LogP contribution in [0.15, 0.2) is 74.7 Å². The second-order valence-electron chi connectivity index (χ2n) is 6.63. The third-order valence-corrected chi connectivity index (χ3v) is 5.60. The van der Waals surface area contributed by atoms with Gasteiger partial charge in [-0.2, -0.15) is 5.10 Å². The van der Waals surface area contributed by atoms with Crippen LogP contribution in [-0.2, 0) is 4.79 Å². The Morgan fingerprint density at radius 3 is 2.62 bits per heavy atom. The Morgan fingerprint density at radius 2 is 1.88 bits per heavy atom. The molecule has 174 valence electrons. The number of nitro groups is 1. The molecule has 9 nitrogen and oxygen atoms in total. The van der Waals surface area contributed by atoms with Crippen molar-refractivity contribution >= 4 is 72.9 Å². The van der Waals surface area contributed by atoms with Gasteiger partial charge in [-0.05, 0) is 46.3 Å². The van der Waals surface area contributed by atoms with Crippen molar-refractivity contribution in [2.45, 2.75) is 0 Å². The summed E-state index contributed by atoms with van der Waals surface area (Å²) in [6, 6.07) is 15.5. The number of non-ortho nitro benzene ring substituents is 1. The predicted molar refractivity (Wildman–Crippen MR) is 136 cm³/mol. The zero-order valence-electron chi connectivity index (χ0n) is 17.1. The van der Waals surface area contributed by atoms with Crippen LogP contribution in [0.5, 0.6) is 5.75 Å². The normalized spacial score (nSPS) is 10.7. The molecule has 0 aliphatic heterocycles. The van der Waals surface area contributed by atoms with E-state index in [1.807, 2.05) is 0 Å². The molecule has 0 heterocycles. The zero-order chi connectivity index (χ0) is 24.7. The van der Waals surface area contributed by atoms with Gasteiger partial charge >= 0.3 is 0 Å². The smallest absolute Gasteiger partial charge is 0.271 e. The maximum atomic E-state index is 12.3. The van der Waals surface area contributed by atoms with Crippen molar-refractivity contribution < 1.29 is 19.2 Å². The Bertz CT molecular complexity index is 1290. The molecule has 0 radical (unpaired) electrons. The molecule has 34 heavy (non-hydrogen) atoms. The first kappa shape index (κ1) is 25.3. The van der Waals surface area contributed by atoms with Gasteiger partial charge in [0.25, 0.3) is 17.5 Å². The Labute approximate surface area is 215 Å². The molecule has 0 bridgehead atoms. The molecular weight excluding hydrogens is 596 g/mol. The number of hydrogen-bond acceptors (Lipinski definition) is 6. The van der Waals surface area contributed by atoms with Gasteiger partial charge in [-0.1, -0.05) is 45.7 Å². The first-order valence-electron chi connectivity index (χ1n) is 9.48. The average Bonchev–Trinajstić information content (AvgIpc) is 2.80. The number of amides is 2. The van der Waals surface area contributed by atoms with Gasteiger partial charge in [0, 0.05) is 27.7 Å². The number of nitrogens with zero attached hydrogens (tertiary/aromatic N) is 2. The molecule has 0 spiro atoms. The molecule has 3 aromatic carbocycles. The lowest BCUT2D eigenvalue weighted by Gasteiger charge is -2.12. The maximum absolute atomic E-state index is 12.3. The maximum Gasteiger partial charge on any atom is 0.271 e. The Kier molecular flexibility index (Phi) is 8.74. The van der Waals surface area contributed by atoms with E-state index < -0.39 is 16.7 Å². The Hall–Kier alpha value is -3.28. The van der Waals surface area contributed by atoms with Crippen molar-refractivity contribution in [1.82, 2.24) is 5.43 Å². The van der Waals surface area contributed by atoms with E-state index in [9.17, 15) is 19.7 Å². The number of ether oxygens (including phenoxy) is 1. The molecular formula is C22H15Br2ClN4O5. The summed E-state index contributed by atoms with van der Waals surface area (Å²) < 4.78 is 6.91. The summed E-state index contributed by atoms with van der Waals surface area (Å²) in [5.41, 5.74) is 3.09. The van der Waals surface area contributed by atoms with Crippen LogP contribution in [0.1, 0.15) is 15.9 Å². The summed E-state index contributed by atoms with van der Waals surface area (Å²) >= 11 is 12.8. The highest BCUT2D eigenvalue weighted by Crippen LogP contribution is 2.32. The fourth-order valence-corrected chi connectivity index (χ4v) is 4.26. The highest BCUT2D eigenvalue weighted by Gasteiger charge is 2.14. The monoisotopic (exact) mass is 608 g/mol. The van der Waals surface area contributed by atoms with E-state index in [-0.39, 0.29) is 17.9 Å². The van der Waals surface area contributed by atoms with E-state index in [2.05, 4.69) is 47.7 Å². The number of rotatable bonds is 8. The number of hydrogen-bond donors (Lipinski definition) is 2. The quantitative estimate of drug-likeness (QED) is 0.197. The number of nitrogens with one attached hydrogen (secondary N) is 2. The fraction of sp³-hybridized carbons (Fsp3) is 0.0455. The van der Waals surface area contributed by atoms with Crippen molar-refractivity contribution in [1.29, 1.82) is 0 Å². The molecule has 3 rings (SSSR count). The second kappa shape index (κ2) is 11.7. The highest BCUT2D eigenvalue weighted by molar-refractivity contribution is 9.11. The number of hydrazone groups is 1. The first-order valence-corrected chi connectivity index (χ1v) is 11.4. The van der Waals surface area contributed by atoms with Gasteiger partial charge in [0.15, 0.2) is 6.61 Å². The first-order chi connectivity index (χ1) is 16.2. The van der Waals surface area contributed by atoms with Gasteiger partial charge in [0.1, 0.15) is 5.75 Å². The topological polar surface area (TPSA) is 123 Å². The number of halogens is 3. The number of benzene rings is 3. The standard InChI is InChI=1S/C22H15Br2ClN4O5/c23-15-8-14(11-26-28-22(31)13-4-3-5-16(9-13)29(32)33)21(17(24)10-15)34-12-20(30)27-19-7-2-1-6-18(19)25/h1-11H,12H2,(H,27,30)(H,28,31)/b26-11+. The van der Waals surface area contributed by atoms with E-state index in [0.717, 1.165) is 6.07 Å². The molecule has 0 atom stereocenters. The third kappa shape index (κ3) is 6.86. The molecule has 3 aromatic rings. The van der Waals surface area contributed by atoms with Crippen molar-refractivity contribution in [3.8, 4) is 5.75 Å². The summed E-state index contributed by atoms with van der Waals surface area (Å²) in [7, 11) is 0. The molecule has 0 aliphatic carbocycles. The van der Waals surface area contributed by atoms with Crippen LogP contribution in [0.4, 0.5) is 11.4 Å². The zero-order valence-corrected chi connectivity index (χ0v) is 21.1. The van der Waals surface area contributed by atoms with Crippen molar-refractivity contribution in [2.75, 3.05) is 11.9 Å². The largest absolute Gasteiger partial charge is 0.482 e. The molecule has 0 saturated carbocycles. The number of carbonyl (C=O) groups excluding carboxylic acids is 2. The van der Waals surface area contributed by atoms with Gasteiger partial charge in [-0.15, -0.1) is 0 Å². The summed E-state index contributed by atoms with van der Waals surface area (Å²) in [6.07, 6.45) is 1.33. The van der Waals surface area contributed by atoms with E-state index in [1.54, 1.807) is 36.4 Å². The minimum atomic E-state index is -0.629. The van der Waals surface area contributed by atoms with Gasteiger partial charge < -0.3 is 10.1 Å². The van der Waals surface area contributed by atoms with Crippen LogP contribution in [0, 0.1) is 10.1 Å². The van der Waals surface area contributed by atoms with Crippen LogP contribution in [0.2, 0.25) is 5.02 Å². The average molecular weight is 611 g/mol. The summed E-state index contributed by atoms with van der Waals surface area (Å²) in [6.45, 7) is -0.313. The Morgan fingerprint density at radius 1 is 1.12 bits per heavy atom. The van der Waals surface area contributed by atoms with E-state index in [0.29, 0.717) is 31.0 Å². The number of anilines is 1. The van der Waals surface area contributed by atoms with E-state index in [1.165, 1.54) is 24.4 Å². The Balaban J connectivity index is 1.70. The van der Waals surface area contributed by atoms with Crippen LogP contribution < -0.4 is 15.5 Å². The fourth-order valence-electron chi connectivity index (χ4n) is 2.70. The highest BCUT2D eigenvalue weighted by atomic mass is 79.9. The summed E-state index contributed by atoms with van der Waals surface area (Å²) in [5.74, 6) is -0.744. The molecule has 0 unspecified atom stereocenters. The minimum Gasteiger partial charge on any atom is -0.482 e. The second-order valence-corrected chi connectivity index (χ2v) is 8.81. The molecule has 0 aliphatic rings. The van der Waals surface area contributed by atoms with Crippen LogP contribution in [-0.4, -0.2) is 29.6 Å². The van der Waals surface area contributed by atoms with Gasteiger partial charge in [0.05, 0.1) is 26.3 Å². The van der Waals surface area contributed by atoms with Crippen LogP contribution in [0.3, 0.4) is 0 Å². The van der Waals surface area contributed by atoms with Crippen molar-refractivity contribution in [3.63, 3.8) is 0 Å². The van der Waals surface area contributed by atoms with Gasteiger partial charge in [-0.3, -0.25) is 19.7 Å². The van der Waals surface area contributed by atoms with Gasteiger partial charge in [-0.25, -0.2) is 5.43 Å². The van der Waals surface area contributed by atoms with Crippen LogP contribution >= 0.6 is 43.5 Å². The molecule has 2 amide bonds. The molecule has 2 N–H and O–H groups in total. The van der Waals surface area contributed by atoms with E-state index >= 15 is 0 Å². The van der Waals surface area contributed by atoms with E-state index in [4.69, 9.17) is 16.3 Å². The lowest BCUT2D eigenvalue weighted by molar-refractivity contribution is -0.384. The number of para-hydroxylation sites is 1. The molecule has 0 fully saturated rings. The lowest BCUT2D eigenvalue weighted by atomic mass is 10.2. The number of nitro benzene ring substituents is 1. The van der Waals surface area contributed by atoms with Gasteiger partial charge in [0.2, 0.25) is 0 Å². The minimum absolute atomic E-state index is 0.0782. The summed E-state index contributed by atoms with van der Waals surface area (Å²) in [4.78, 5) is 34.9. The predicted octanol–water partition coefficient (Wildman–Crippen LogP) is 5.55. The van der Waals surface area contributed by atoms with Crippen molar-refractivity contribution in [2.24, 2.45) is 5.10 Å². The van der Waals surface area contributed by atoms with Crippen LogP contribution in [0.25, 0.3) is 0 Å². The molecule has 0 saturated heterocycles. The lowest BCUT2D eigenvalue weighted by Crippen LogP contribution is -2.21. The van der Waals surface area contributed by atoms with Crippen molar-refractivity contribution in [3.05, 3.63) is 95.9 Å². The molecule has 0 aromatic heterocycles.